The van der Waals surface area contributed by atoms with Gasteiger partial charge >= 0.3 is 0 Å². The third-order valence-corrected chi connectivity index (χ3v) is 7.77. The molecule has 5 nitrogen and oxygen atoms in total. The van der Waals surface area contributed by atoms with Crippen molar-refractivity contribution in [3.05, 3.63) is 71.0 Å². The molecule has 0 radical (unpaired) electrons. The van der Waals surface area contributed by atoms with Gasteiger partial charge in [-0.3, -0.25) is 4.90 Å². The van der Waals surface area contributed by atoms with Gasteiger partial charge in [0.15, 0.2) is 0 Å². The molecule has 0 aliphatic carbocycles. The van der Waals surface area contributed by atoms with Crippen molar-refractivity contribution >= 4 is 10.9 Å². The summed E-state index contributed by atoms with van der Waals surface area (Å²) >= 11 is 0. The maximum absolute atomic E-state index is 5.65. The molecule has 0 spiro atoms. The molecule has 2 aliphatic heterocycles. The Labute approximate surface area is 201 Å². The number of aryl methyl sites for hydroxylation is 2. The summed E-state index contributed by atoms with van der Waals surface area (Å²) in [7, 11) is 0. The molecule has 0 amide bonds. The van der Waals surface area contributed by atoms with Gasteiger partial charge in [-0.05, 0) is 55.0 Å². The van der Waals surface area contributed by atoms with Crippen LogP contribution in [0.1, 0.15) is 49.1 Å². The van der Waals surface area contributed by atoms with Crippen molar-refractivity contribution in [2.45, 2.75) is 58.5 Å². The van der Waals surface area contributed by atoms with Gasteiger partial charge in [-0.15, -0.1) is 0 Å². The van der Waals surface area contributed by atoms with Crippen molar-refractivity contribution in [3.63, 3.8) is 0 Å². The fourth-order valence-electron chi connectivity index (χ4n) is 5.90. The topological polar surface area (TPSA) is 46.1 Å². The van der Waals surface area contributed by atoms with Crippen LogP contribution in [-0.4, -0.2) is 45.5 Å². The van der Waals surface area contributed by atoms with Crippen molar-refractivity contribution in [2.75, 3.05) is 19.8 Å². The predicted molar refractivity (Wildman–Crippen MR) is 138 cm³/mol. The number of hydrogen-bond donors (Lipinski definition) is 1. The minimum Gasteiger partial charge on any atom is -0.381 e. The van der Waals surface area contributed by atoms with E-state index in [-0.39, 0.29) is 0 Å². The van der Waals surface area contributed by atoms with E-state index in [4.69, 9.17) is 9.84 Å². The zero-order chi connectivity index (χ0) is 23.1. The molecule has 0 atom stereocenters. The van der Waals surface area contributed by atoms with E-state index in [0.29, 0.717) is 6.04 Å². The number of nitrogens with one attached hydrogen (secondary N) is 1. The Balaban J connectivity index is 1.54. The summed E-state index contributed by atoms with van der Waals surface area (Å²) in [6.07, 6.45) is 7.29. The van der Waals surface area contributed by atoms with Gasteiger partial charge in [-0.2, -0.15) is 5.10 Å². The minimum absolute atomic E-state index is 0.611. The Morgan fingerprint density at radius 3 is 2.59 bits per heavy atom. The van der Waals surface area contributed by atoms with Gasteiger partial charge in [0.25, 0.3) is 0 Å². The lowest BCUT2D eigenvalue weighted by Gasteiger charge is -2.36. The Hall–Kier alpha value is -2.89. The predicted octanol–water partition coefficient (Wildman–Crippen LogP) is 5.68. The monoisotopic (exact) mass is 454 g/mol. The van der Waals surface area contributed by atoms with Gasteiger partial charge in [0.1, 0.15) is 0 Å². The molecule has 4 aromatic rings. The standard InChI is InChI=1S/C29H34N4O/c1-3-20-6-5-7-21(4-2)28(20)33-29(23-8-9-26-22(18-23)10-14-30-26)25-19-32(15-11-27(25)31-33)24-12-16-34-17-13-24/h5-10,14,18,24,30H,3-4,11-13,15-17,19H2,1-2H3. The third kappa shape index (κ3) is 3.68. The van der Waals surface area contributed by atoms with Crippen molar-refractivity contribution < 1.29 is 4.74 Å². The molecule has 1 N–H and O–H groups in total. The summed E-state index contributed by atoms with van der Waals surface area (Å²) in [6.45, 7) is 8.32. The number of ether oxygens (including phenoxy) is 1. The second-order valence-electron chi connectivity index (χ2n) is 9.66. The van der Waals surface area contributed by atoms with Crippen molar-refractivity contribution in [1.29, 1.82) is 0 Å². The summed E-state index contributed by atoms with van der Waals surface area (Å²) in [5, 5.41) is 6.57. The lowest BCUT2D eigenvalue weighted by Crippen LogP contribution is -2.42. The number of hydrogen-bond acceptors (Lipinski definition) is 3. The molecule has 34 heavy (non-hydrogen) atoms. The molecule has 0 unspecified atom stereocenters. The quantitative estimate of drug-likeness (QED) is 0.422. The zero-order valence-electron chi connectivity index (χ0n) is 20.3. The largest absolute Gasteiger partial charge is 0.381 e. The number of benzene rings is 2. The number of fused-ring (bicyclic) bond motifs is 2. The summed E-state index contributed by atoms with van der Waals surface area (Å²) in [4.78, 5) is 6.03. The highest BCUT2D eigenvalue weighted by Gasteiger charge is 2.31. The van der Waals surface area contributed by atoms with Crippen molar-refractivity contribution in [3.8, 4) is 16.9 Å². The minimum atomic E-state index is 0.611. The van der Waals surface area contributed by atoms with E-state index < -0.39 is 0 Å². The number of aromatic nitrogens is 3. The Kier molecular flexibility index (Phi) is 5.75. The molecule has 176 valence electrons. The molecule has 0 bridgehead atoms. The molecule has 6 rings (SSSR count). The molecule has 2 aromatic carbocycles. The maximum atomic E-state index is 5.65. The Bertz CT molecular complexity index is 1290. The van der Waals surface area contributed by atoms with Gasteiger partial charge in [0.05, 0.1) is 17.1 Å². The van der Waals surface area contributed by atoms with E-state index in [1.807, 2.05) is 6.20 Å². The summed E-state index contributed by atoms with van der Waals surface area (Å²) in [6, 6.07) is 16.3. The molecule has 4 heterocycles. The van der Waals surface area contributed by atoms with E-state index in [2.05, 4.69) is 70.9 Å². The van der Waals surface area contributed by atoms with Gasteiger partial charge in [0, 0.05) is 67.0 Å². The average Bonchev–Trinajstić information content (AvgIpc) is 3.52. The number of H-pyrrole nitrogens is 1. The highest BCUT2D eigenvalue weighted by atomic mass is 16.5. The highest BCUT2D eigenvalue weighted by molar-refractivity contribution is 5.85. The second-order valence-corrected chi connectivity index (χ2v) is 9.66. The fourth-order valence-corrected chi connectivity index (χ4v) is 5.90. The number of rotatable bonds is 5. The van der Waals surface area contributed by atoms with Crippen LogP contribution in [0.2, 0.25) is 0 Å². The lowest BCUT2D eigenvalue weighted by atomic mass is 9.96. The SMILES string of the molecule is CCc1cccc(CC)c1-n1nc2c(c1-c1ccc3[nH]ccc3c1)CN(C1CCOCC1)CC2. The van der Waals surface area contributed by atoms with E-state index in [1.54, 1.807) is 0 Å². The van der Waals surface area contributed by atoms with Crippen LogP contribution in [0.25, 0.3) is 27.8 Å². The van der Waals surface area contributed by atoms with Crippen LogP contribution in [0.3, 0.4) is 0 Å². The molecule has 1 saturated heterocycles. The van der Waals surface area contributed by atoms with Gasteiger partial charge < -0.3 is 9.72 Å². The zero-order valence-corrected chi connectivity index (χ0v) is 20.3. The third-order valence-electron chi connectivity index (χ3n) is 7.77. The smallest absolute Gasteiger partial charge is 0.0789 e. The molecular formula is C29H34N4O. The Morgan fingerprint density at radius 1 is 1.03 bits per heavy atom. The van der Waals surface area contributed by atoms with Crippen molar-refractivity contribution in [2.24, 2.45) is 0 Å². The van der Waals surface area contributed by atoms with Crippen LogP contribution in [0.15, 0.2) is 48.7 Å². The number of aromatic amines is 1. The van der Waals surface area contributed by atoms with Crippen LogP contribution >= 0.6 is 0 Å². The van der Waals surface area contributed by atoms with Gasteiger partial charge in [0.2, 0.25) is 0 Å². The number of nitrogens with zero attached hydrogens (tertiary/aromatic N) is 3. The lowest BCUT2D eigenvalue weighted by molar-refractivity contribution is 0.0290. The first-order valence-electron chi connectivity index (χ1n) is 12.9. The van der Waals surface area contributed by atoms with Crippen LogP contribution in [0, 0.1) is 0 Å². The van der Waals surface area contributed by atoms with E-state index in [1.165, 1.54) is 50.2 Å². The van der Waals surface area contributed by atoms with Gasteiger partial charge in [-0.1, -0.05) is 38.1 Å². The molecule has 5 heteroatoms. The first kappa shape index (κ1) is 21.6. The summed E-state index contributed by atoms with van der Waals surface area (Å²) in [5.74, 6) is 0. The van der Waals surface area contributed by atoms with Crippen LogP contribution in [0.5, 0.6) is 0 Å². The maximum Gasteiger partial charge on any atom is 0.0789 e. The summed E-state index contributed by atoms with van der Waals surface area (Å²) in [5.41, 5.74) is 10.4. The molecular weight excluding hydrogens is 420 g/mol. The first-order valence-corrected chi connectivity index (χ1v) is 12.9. The van der Waals surface area contributed by atoms with Gasteiger partial charge in [-0.25, -0.2) is 4.68 Å². The average molecular weight is 455 g/mol. The van der Waals surface area contributed by atoms with E-state index in [9.17, 15) is 0 Å². The molecule has 2 aliphatic rings. The highest BCUT2D eigenvalue weighted by Crippen LogP contribution is 2.37. The molecule has 2 aromatic heterocycles. The van der Waals surface area contributed by atoms with E-state index in [0.717, 1.165) is 58.4 Å². The molecule has 1 fully saturated rings. The van der Waals surface area contributed by atoms with E-state index >= 15 is 0 Å². The molecule has 0 saturated carbocycles. The summed E-state index contributed by atoms with van der Waals surface area (Å²) < 4.78 is 7.95. The van der Waals surface area contributed by atoms with Crippen LogP contribution in [-0.2, 0) is 30.5 Å². The number of para-hydroxylation sites is 1. The fraction of sp³-hybridized carbons (Fsp3) is 0.414. The van der Waals surface area contributed by atoms with Crippen LogP contribution < -0.4 is 0 Å². The second kappa shape index (κ2) is 9.05. The Morgan fingerprint density at radius 2 is 1.82 bits per heavy atom. The normalized spacial score (nSPS) is 17.4. The van der Waals surface area contributed by atoms with Crippen molar-refractivity contribution in [1.82, 2.24) is 19.7 Å². The van der Waals surface area contributed by atoms with Crippen LogP contribution in [0.4, 0.5) is 0 Å². The first-order chi connectivity index (χ1) is 16.8.